The van der Waals surface area contributed by atoms with E-state index in [2.05, 4.69) is 6.92 Å². The first kappa shape index (κ1) is 15.5. The lowest BCUT2D eigenvalue weighted by Crippen LogP contribution is -2.06. The highest BCUT2D eigenvalue weighted by atomic mass is 16.7. The maximum atomic E-state index is 12.5. The number of phenolic OH excluding ortho intramolecular Hbond substituents is 2. The second kappa shape index (κ2) is 6.70. The highest BCUT2D eigenvalue weighted by molar-refractivity contribution is 6.02. The summed E-state index contributed by atoms with van der Waals surface area (Å²) in [6.45, 7) is 3.98. The highest BCUT2D eigenvalue weighted by Crippen LogP contribution is 2.51. The molecule has 1 aliphatic heterocycles. The molecule has 5 nitrogen and oxygen atoms in total. The Hall–Kier alpha value is -1.91. The van der Waals surface area contributed by atoms with Gasteiger partial charge in [0.25, 0.3) is 0 Å². The molecular formula is C16H22O5. The molecule has 0 atom stereocenters. The van der Waals surface area contributed by atoms with E-state index in [1.54, 1.807) is 0 Å². The summed E-state index contributed by atoms with van der Waals surface area (Å²) in [5, 5.41) is 20.1. The summed E-state index contributed by atoms with van der Waals surface area (Å²) in [5.74, 6) is -0.318. The smallest absolute Gasteiger partial charge is 0.231 e. The number of benzene rings is 1. The number of Topliss-reactive ketones (excluding diaryl/α,β-unsaturated/α-hetero) is 1. The zero-order valence-electron chi connectivity index (χ0n) is 12.6. The van der Waals surface area contributed by atoms with Gasteiger partial charge in [-0.15, -0.1) is 0 Å². The number of hydrogen-bond acceptors (Lipinski definition) is 5. The number of ether oxygens (including phenoxy) is 2. The number of carbonyl (C=O) groups is 1. The SMILES string of the molecule is CCCCCC(=O)c1c(CCC)c(O)c(O)c2c1OCO2. The zero-order valence-corrected chi connectivity index (χ0v) is 12.6. The highest BCUT2D eigenvalue weighted by Gasteiger charge is 2.32. The van der Waals surface area contributed by atoms with E-state index in [4.69, 9.17) is 9.47 Å². The zero-order chi connectivity index (χ0) is 15.4. The van der Waals surface area contributed by atoms with Gasteiger partial charge in [0, 0.05) is 12.0 Å². The van der Waals surface area contributed by atoms with Crippen LogP contribution in [0.3, 0.4) is 0 Å². The minimum Gasteiger partial charge on any atom is -0.504 e. The number of hydrogen-bond donors (Lipinski definition) is 2. The molecule has 0 saturated heterocycles. The van der Waals surface area contributed by atoms with Crippen LogP contribution in [0.15, 0.2) is 0 Å². The van der Waals surface area contributed by atoms with E-state index in [-0.39, 0.29) is 35.6 Å². The predicted octanol–water partition coefficient (Wildman–Crippen LogP) is 3.54. The fourth-order valence-electron chi connectivity index (χ4n) is 2.59. The van der Waals surface area contributed by atoms with Crippen LogP contribution in [0.1, 0.15) is 61.9 Å². The molecule has 1 aromatic carbocycles. The van der Waals surface area contributed by atoms with Gasteiger partial charge in [-0.1, -0.05) is 33.1 Å². The summed E-state index contributed by atoms with van der Waals surface area (Å²) in [6, 6.07) is 0. The number of phenols is 2. The van der Waals surface area contributed by atoms with Crippen LogP contribution in [0.5, 0.6) is 23.0 Å². The molecule has 1 aromatic rings. The molecule has 21 heavy (non-hydrogen) atoms. The van der Waals surface area contributed by atoms with Crippen molar-refractivity contribution in [1.29, 1.82) is 0 Å². The van der Waals surface area contributed by atoms with Gasteiger partial charge in [-0.25, -0.2) is 0 Å². The van der Waals surface area contributed by atoms with E-state index in [0.717, 1.165) is 25.7 Å². The van der Waals surface area contributed by atoms with Gasteiger partial charge >= 0.3 is 0 Å². The molecule has 0 amide bonds. The summed E-state index contributed by atoms with van der Waals surface area (Å²) in [4.78, 5) is 12.5. The Kier molecular flexibility index (Phi) is 4.94. The van der Waals surface area contributed by atoms with Crippen LogP contribution in [-0.4, -0.2) is 22.8 Å². The first-order valence-electron chi connectivity index (χ1n) is 7.51. The van der Waals surface area contributed by atoms with Crippen molar-refractivity contribution in [3.63, 3.8) is 0 Å². The minimum absolute atomic E-state index is 0.0485. The number of fused-ring (bicyclic) bond motifs is 1. The van der Waals surface area contributed by atoms with Crippen molar-refractivity contribution in [2.45, 2.75) is 52.4 Å². The third-order valence-electron chi connectivity index (χ3n) is 3.65. The van der Waals surface area contributed by atoms with Gasteiger partial charge < -0.3 is 19.7 Å². The second-order valence-corrected chi connectivity index (χ2v) is 5.25. The molecule has 116 valence electrons. The van der Waals surface area contributed by atoms with Crippen molar-refractivity contribution in [2.75, 3.05) is 6.79 Å². The molecular weight excluding hydrogens is 272 g/mol. The predicted molar refractivity (Wildman–Crippen MR) is 78.4 cm³/mol. The van der Waals surface area contributed by atoms with Crippen molar-refractivity contribution in [3.8, 4) is 23.0 Å². The number of ketones is 1. The third-order valence-corrected chi connectivity index (χ3v) is 3.65. The standard InChI is InChI=1S/C16H22O5/c1-3-5-6-8-11(17)12-10(7-4-2)13(18)14(19)16-15(12)20-9-21-16/h18-19H,3-9H2,1-2H3. The average Bonchev–Trinajstić information content (AvgIpc) is 2.94. The van der Waals surface area contributed by atoms with Gasteiger partial charge in [-0.2, -0.15) is 0 Å². The van der Waals surface area contributed by atoms with Crippen LogP contribution < -0.4 is 9.47 Å². The fraction of sp³-hybridized carbons (Fsp3) is 0.562. The number of aromatic hydroxyl groups is 2. The Balaban J connectivity index is 2.44. The van der Waals surface area contributed by atoms with E-state index in [1.807, 2.05) is 6.92 Å². The van der Waals surface area contributed by atoms with E-state index < -0.39 is 0 Å². The van der Waals surface area contributed by atoms with Gasteiger partial charge in [-0.3, -0.25) is 4.79 Å². The topological polar surface area (TPSA) is 76.0 Å². The summed E-state index contributed by atoms with van der Waals surface area (Å²) < 4.78 is 10.5. The van der Waals surface area contributed by atoms with Crippen LogP contribution in [0.4, 0.5) is 0 Å². The molecule has 0 radical (unpaired) electrons. The Morgan fingerprint density at radius 2 is 1.76 bits per heavy atom. The third kappa shape index (κ3) is 2.91. The Bertz CT molecular complexity index is 536. The summed E-state index contributed by atoms with van der Waals surface area (Å²) in [5.41, 5.74) is 0.830. The molecule has 2 N–H and O–H groups in total. The van der Waals surface area contributed by atoms with Crippen LogP contribution in [-0.2, 0) is 6.42 Å². The molecule has 0 aromatic heterocycles. The van der Waals surface area contributed by atoms with Gasteiger partial charge in [0.05, 0.1) is 5.56 Å². The first-order chi connectivity index (χ1) is 10.1. The van der Waals surface area contributed by atoms with Crippen LogP contribution in [0.25, 0.3) is 0 Å². The molecule has 0 fully saturated rings. The molecule has 0 bridgehead atoms. The van der Waals surface area contributed by atoms with E-state index in [0.29, 0.717) is 24.0 Å². The maximum absolute atomic E-state index is 12.5. The van der Waals surface area contributed by atoms with Crippen molar-refractivity contribution in [1.82, 2.24) is 0 Å². The Labute approximate surface area is 124 Å². The van der Waals surface area contributed by atoms with Gasteiger partial charge in [0.15, 0.2) is 17.3 Å². The van der Waals surface area contributed by atoms with Crippen molar-refractivity contribution >= 4 is 5.78 Å². The molecule has 0 unspecified atom stereocenters. The van der Waals surface area contributed by atoms with Crippen molar-refractivity contribution < 1.29 is 24.5 Å². The Morgan fingerprint density at radius 1 is 1.05 bits per heavy atom. The van der Waals surface area contributed by atoms with Crippen LogP contribution >= 0.6 is 0 Å². The average molecular weight is 294 g/mol. The fourth-order valence-corrected chi connectivity index (χ4v) is 2.59. The number of rotatable bonds is 7. The van der Waals surface area contributed by atoms with Crippen molar-refractivity contribution in [2.24, 2.45) is 0 Å². The normalized spacial score (nSPS) is 12.7. The Morgan fingerprint density at radius 3 is 2.43 bits per heavy atom. The minimum atomic E-state index is -0.337. The molecule has 0 aliphatic carbocycles. The quantitative estimate of drug-likeness (QED) is 0.457. The summed E-state index contributed by atoms with van der Waals surface area (Å²) in [7, 11) is 0. The maximum Gasteiger partial charge on any atom is 0.231 e. The molecule has 1 heterocycles. The molecule has 0 spiro atoms. The summed E-state index contributed by atoms with van der Waals surface area (Å²) >= 11 is 0. The lowest BCUT2D eigenvalue weighted by atomic mass is 9.94. The van der Waals surface area contributed by atoms with E-state index in [1.165, 1.54) is 0 Å². The molecule has 5 heteroatoms. The largest absolute Gasteiger partial charge is 0.504 e. The lowest BCUT2D eigenvalue weighted by Gasteiger charge is -2.14. The van der Waals surface area contributed by atoms with Crippen LogP contribution in [0.2, 0.25) is 0 Å². The summed E-state index contributed by atoms with van der Waals surface area (Å²) in [6.07, 6.45) is 4.49. The van der Waals surface area contributed by atoms with E-state index >= 15 is 0 Å². The molecule has 2 rings (SSSR count). The monoisotopic (exact) mass is 294 g/mol. The second-order valence-electron chi connectivity index (χ2n) is 5.25. The lowest BCUT2D eigenvalue weighted by molar-refractivity contribution is 0.0973. The first-order valence-corrected chi connectivity index (χ1v) is 7.51. The van der Waals surface area contributed by atoms with Gasteiger partial charge in [-0.05, 0) is 12.8 Å². The number of carbonyl (C=O) groups excluding carboxylic acids is 1. The number of unbranched alkanes of at least 4 members (excludes halogenated alkanes) is 2. The van der Waals surface area contributed by atoms with Gasteiger partial charge in [0.2, 0.25) is 18.3 Å². The van der Waals surface area contributed by atoms with Crippen molar-refractivity contribution in [3.05, 3.63) is 11.1 Å². The van der Waals surface area contributed by atoms with E-state index in [9.17, 15) is 15.0 Å². The van der Waals surface area contributed by atoms with Crippen LogP contribution in [0, 0.1) is 0 Å². The van der Waals surface area contributed by atoms with Gasteiger partial charge in [0.1, 0.15) is 0 Å². The molecule has 1 aliphatic rings. The molecule has 0 saturated carbocycles.